The van der Waals surface area contributed by atoms with E-state index in [9.17, 15) is 4.79 Å². The van der Waals surface area contributed by atoms with Crippen molar-refractivity contribution in [2.45, 2.75) is 13.4 Å². The van der Waals surface area contributed by atoms with Crippen LogP contribution in [0.5, 0.6) is 11.5 Å². The molecular weight excluding hydrogens is 376 g/mol. The number of anilines is 2. The smallest absolute Gasteiger partial charge is 0.323 e. The molecule has 0 aliphatic carbocycles. The molecule has 0 unspecified atom stereocenters. The first-order chi connectivity index (χ1) is 15.9. The molecule has 1 heterocycles. The van der Waals surface area contributed by atoms with Crippen molar-refractivity contribution < 1.29 is 17.8 Å². The normalized spacial score (nSPS) is 14.5. The summed E-state index contributed by atoms with van der Waals surface area (Å²) in [4.78, 5) is 16.4. The minimum absolute atomic E-state index is 0.0538. The van der Waals surface area contributed by atoms with Crippen molar-refractivity contribution in [1.29, 1.82) is 0 Å². The zero-order valence-corrected chi connectivity index (χ0v) is 15.4. The summed E-state index contributed by atoms with van der Waals surface area (Å²) in [5, 5.41) is 7.69. The summed E-state index contributed by atoms with van der Waals surface area (Å²) in [7, 11) is 0. The second-order valence-corrected chi connectivity index (χ2v) is 6.14. The molecule has 0 bridgehead atoms. The van der Waals surface area contributed by atoms with Crippen LogP contribution in [0.15, 0.2) is 60.8 Å². The van der Waals surface area contributed by atoms with Crippen LogP contribution in [0.2, 0.25) is 5.02 Å². The zero-order chi connectivity index (χ0) is 24.9. The third kappa shape index (κ3) is 5.45. The molecule has 3 rings (SSSR count). The molecule has 2 aromatic carbocycles. The zero-order valence-electron chi connectivity index (χ0n) is 20.6. The summed E-state index contributed by atoms with van der Waals surface area (Å²) in [5.41, 5.74) is 1.22. The Morgan fingerprint density at radius 3 is 2.64 bits per heavy atom. The van der Waals surface area contributed by atoms with Gasteiger partial charge in [0.25, 0.3) is 0 Å². The average Bonchev–Trinajstić information content (AvgIpc) is 2.74. The van der Waals surface area contributed by atoms with Gasteiger partial charge >= 0.3 is 6.03 Å². The number of carbonyl (C=O) groups is 1. The van der Waals surface area contributed by atoms with Crippen LogP contribution < -0.4 is 20.7 Å². The van der Waals surface area contributed by atoms with E-state index in [-0.39, 0.29) is 22.8 Å². The maximum Gasteiger partial charge on any atom is 0.323 e. The van der Waals surface area contributed by atoms with Crippen molar-refractivity contribution in [1.82, 2.24) is 10.3 Å². The first-order valence-electron chi connectivity index (χ1n) is 11.2. The molecule has 0 fully saturated rings. The molecule has 7 heteroatoms. The summed E-state index contributed by atoms with van der Waals surface area (Å²) < 4.78 is 49.9. The van der Waals surface area contributed by atoms with Crippen molar-refractivity contribution in [3.05, 3.63) is 77.1 Å². The van der Waals surface area contributed by atoms with Gasteiger partial charge in [0.2, 0.25) is 0 Å². The van der Waals surface area contributed by atoms with Crippen LogP contribution in [0.25, 0.3) is 0 Å². The molecule has 28 heavy (non-hydrogen) atoms. The molecule has 144 valence electrons. The van der Waals surface area contributed by atoms with E-state index in [1.54, 1.807) is 36.4 Å². The lowest BCUT2D eigenvalue weighted by Gasteiger charge is -2.10. The Labute approximate surface area is 177 Å². The van der Waals surface area contributed by atoms with Crippen molar-refractivity contribution in [3.63, 3.8) is 0 Å². The Kier molecular flexibility index (Phi) is 4.33. The van der Waals surface area contributed by atoms with Crippen LogP contribution in [-0.4, -0.2) is 18.0 Å². The number of rotatable bonds is 6. The first kappa shape index (κ1) is 13.1. The molecule has 0 spiro atoms. The lowest BCUT2D eigenvalue weighted by Crippen LogP contribution is -2.19. The molecule has 0 aliphatic rings. The number of aromatic nitrogens is 1. The van der Waals surface area contributed by atoms with Gasteiger partial charge in [-0.05, 0) is 67.9 Å². The molecule has 0 aliphatic heterocycles. The third-order valence-corrected chi connectivity index (χ3v) is 3.96. The Balaban J connectivity index is 1.59. The lowest BCUT2D eigenvalue weighted by molar-refractivity contribution is 0.262. The van der Waals surface area contributed by atoms with Crippen molar-refractivity contribution in [2.24, 2.45) is 0 Å². The summed E-state index contributed by atoms with van der Waals surface area (Å²) >= 11 is 5.93. The minimum atomic E-state index is -2.40. The molecule has 0 atom stereocenters. The predicted octanol–water partition coefficient (Wildman–Crippen LogP) is 5.20. The van der Waals surface area contributed by atoms with Crippen molar-refractivity contribution in [3.8, 4) is 11.5 Å². The number of aryl methyl sites for hydroxylation is 1. The topological polar surface area (TPSA) is 75.3 Å². The van der Waals surface area contributed by atoms with Crippen LogP contribution in [0.1, 0.15) is 19.5 Å². The quantitative estimate of drug-likeness (QED) is 0.529. The first-order valence-corrected chi connectivity index (χ1v) is 8.63. The Hall–Kier alpha value is -3.09. The molecular formula is C21H21ClN4O2. The summed E-state index contributed by atoms with van der Waals surface area (Å²) in [6.07, 6.45) is 1.51. The van der Waals surface area contributed by atoms with E-state index in [0.29, 0.717) is 22.9 Å². The number of halogens is 1. The number of ether oxygens (including phenoxy) is 1. The van der Waals surface area contributed by atoms with Gasteiger partial charge in [0.15, 0.2) is 0 Å². The van der Waals surface area contributed by atoms with Gasteiger partial charge in [0.05, 0.1) is 5.69 Å². The maximum atomic E-state index is 12.3. The summed E-state index contributed by atoms with van der Waals surface area (Å²) in [6, 6.07) is 13.5. The molecule has 0 radical (unpaired) electrons. The van der Waals surface area contributed by atoms with E-state index in [1.165, 1.54) is 24.4 Å². The predicted molar refractivity (Wildman–Crippen MR) is 112 cm³/mol. The number of hydrogen-bond acceptors (Lipinski definition) is 4. The number of amides is 2. The van der Waals surface area contributed by atoms with Crippen LogP contribution in [0.4, 0.5) is 16.2 Å². The minimum Gasteiger partial charge on any atom is -0.457 e. The van der Waals surface area contributed by atoms with Gasteiger partial charge < -0.3 is 20.7 Å². The highest BCUT2D eigenvalue weighted by atomic mass is 35.5. The van der Waals surface area contributed by atoms with Crippen LogP contribution >= 0.6 is 11.6 Å². The van der Waals surface area contributed by atoms with Gasteiger partial charge in [-0.2, -0.15) is 0 Å². The third-order valence-electron chi connectivity index (χ3n) is 3.63. The molecule has 0 saturated heterocycles. The highest BCUT2D eigenvalue weighted by Crippen LogP contribution is 2.24. The fourth-order valence-electron chi connectivity index (χ4n) is 2.35. The van der Waals surface area contributed by atoms with Gasteiger partial charge in [0.1, 0.15) is 11.5 Å². The van der Waals surface area contributed by atoms with E-state index in [1.807, 2.05) is 0 Å². The SMILES string of the molecule is [2H]C([2H])([2H])NCc1cc(Oc2ccc(NC(=O)Nc3ccc(Cl)c(C([2H])([2H])[2H])c3)cc2)ccn1. The number of pyridine rings is 1. The Morgan fingerprint density at radius 2 is 1.86 bits per heavy atom. The molecule has 3 N–H and O–H groups in total. The van der Waals surface area contributed by atoms with Gasteiger partial charge in [-0.1, -0.05) is 11.6 Å². The van der Waals surface area contributed by atoms with Gasteiger partial charge in [-0.15, -0.1) is 0 Å². The van der Waals surface area contributed by atoms with Gasteiger partial charge in [-0.3, -0.25) is 4.98 Å². The highest BCUT2D eigenvalue weighted by molar-refractivity contribution is 6.31. The number of nitrogens with one attached hydrogen (secondary N) is 3. The number of benzene rings is 2. The second-order valence-electron chi connectivity index (χ2n) is 5.74. The number of hydrogen-bond donors (Lipinski definition) is 3. The van der Waals surface area contributed by atoms with Crippen molar-refractivity contribution in [2.75, 3.05) is 17.6 Å². The largest absolute Gasteiger partial charge is 0.457 e. The van der Waals surface area contributed by atoms with Crippen LogP contribution in [0.3, 0.4) is 0 Å². The molecule has 6 nitrogen and oxygen atoms in total. The lowest BCUT2D eigenvalue weighted by atomic mass is 10.2. The van der Waals surface area contributed by atoms with Crippen LogP contribution in [-0.2, 0) is 6.54 Å². The molecule has 2 amide bonds. The summed E-state index contributed by atoms with van der Waals surface area (Å²) in [5.74, 6) is 0.968. The van der Waals surface area contributed by atoms with E-state index >= 15 is 0 Å². The van der Waals surface area contributed by atoms with Gasteiger partial charge in [0, 0.05) is 43.4 Å². The molecule has 3 aromatic rings. The van der Waals surface area contributed by atoms with Gasteiger partial charge in [-0.25, -0.2) is 4.79 Å². The number of urea groups is 1. The highest BCUT2D eigenvalue weighted by Gasteiger charge is 2.05. The fraction of sp³-hybridized carbons (Fsp3) is 0.143. The Morgan fingerprint density at radius 1 is 1.07 bits per heavy atom. The number of nitrogens with zero attached hydrogens (tertiary/aromatic N) is 1. The fourth-order valence-corrected chi connectivity index (χ4v) is 2.46. The maximum absolute atomic E-state index is 12.3. The van der Waals surface area contributed by atoms with Crippen LogP contribution in [0, 0.1) is 6.85 Å². The van der Waals surface area contributed by atoms with E-state index in [4.69, 9.17) is 24.6 Å². The van der Waals surface area contributed by atoms with E-state index in [2.05, 4.69) is 20.9 Å². The van der Waals surface area contributed by atoms with E-state index in [0.717, 1.165) is 0 Å². The summed E-state index contributed by atoms with van der Waals surface area (Å²) in [6.45, 7) is -4.60. The Bertz CT molecular complexity index is 1150. The second kappa shape index (κ2) is 9.21. The molecule has 1 aromatic heterocycles. The monoisotopic (exact) mass is 402 g/mol. The average molecular weight is 403 g/mol. The standard InChI is InChI=1S/C21H21ClN4O2/c1-14-11-16(5-8-20(14)22)26-21(27)25-15-3-6-18(7-4-15)28-19-9-10-24-17(12-19)13-23-2/h3-12,23H,13H2,1-2H3,(H2,25,26,27)/i1D3,2D3. The number of carbonyl (C=O) groups excluding carboxylic acids is 1. The van der Waals surface area contributed by atoms with Crippen molar-refractivity contribution >= 4 is 29.0 Å². The van der Waals surface area contributed by atoms with E-state index < -0.39 is 19.9 Å². The molecule has 0 saturated carbocycles.